The lowest BCUT2D eigenvalue weighted by molar-refractivity contribution is 0.102. The Morgan fingerprint density at radius 1 is 1.14 bits per heavy atom. The van der Waals surface area contributed by atoms with Gasteiger partial charge in [-0.25, -0.2) is 0 Å². The molecule has 0 saturated carbocycles. The summed E-state index contributed by atoms with van der Waals surface area (Å²) in [6.45, 7) is 2.37. The molecule has 0 saturated heterocycles. The number of anilines is 2. The van der Waals surface area contributed by atoms with E-state index in [0.717, 1.165) is 6.07 Å². The number of aromatic amines is 1. The number of rotatable bonds is 7. The summed E-state index contributed by atoms with van der Waals surface area (Å²) in [7, 11) is -3.94. The van der Waals surface area contributed by atoms with Crippen LogP contribution in [0.5, 0.6) is 5.75 Å². The summed E-state index contributed by atoms with van der Waals surface area (Å²) in [4.78, 5) is 12.3. The summed E-state index contributed by atoms with van der Waals surface area (Å²) in [5.41, 5.74) is 0.743. The summed E-state index contributed by atoms with van der Waals surface area (Å²) in [6, 6.07) is 14.2. The topological polar surface area (TPSA) is 113 Å². The third-order valence-corrected chi connectivity index (χ3v) is 5.10. The van der Waals surface area contributed by atoms with Crippen molar-refractivity contribution in [3.63, 3.8) is 0 Å². The molecule has 3 N–H and O–H groups in total. The summed E-state index contributed by atoms with van der Waals surface area (Å²) in [5.74, 6) is 0.0630. The highest BCUT2D eigenvalue weighted by Gasteiger charge is 2.20. The minimum atomic E-state index is -3.94. The maximum absolute atomic E-state index is 12.5. The minimum Gasteiger partial charge on any atom is -0.494 e. The first-order chi connectivity index (χ1) is 13.4. The molecular weight excluding hydrogens is 404 g/mol. The van der Waals surface area contributed by atoms with E-state index in [1.165, 1.54) is 0 Å². The number of aromatic nitrogens is 2. The summed E-state index contributed by atoms with van der Waals surface area (Å²) < 4.78 is 32.7. The quantitative estimate of drug-likeness (QED) is 0.541. The number of halogens is 1. The Bertz CT molecular complexity index is 1080. The fourth-order valence-electron chi connectivity index (χ4n) is 2.32. The number of ether oxygens (including phenoxy) is 1. The molecular formula is C18H17ClN4O4S. The first kappa shape index (κ1) is 19.7. The van der Waals surface area contributed by atoms with E-state index in [-0.39, 0.29) is 10.7 Å². The lowest BCUT2D eigenvalue weighted by Crippen LogP contribution is -2.14. The number of hydrogen-bond donors (Lipinski definition) is 3. The van der Waals surface area contributed by atoms with Crippen molar-refractivity contribution in [2.24, 2.45) is 0 Å². The van der Waals surface area contributed by atoms with Crippen LogP contribution in [0, 0.1) is 0 Å². The van der Waals surface area contributed by atoms with Crippen molar-refractivity contribution in [2.45, 2.75) is 11.9 Å². The molecule has 0 radical (unpaired) electrons. The molecule has 0 aliphatic carbocycles. The number of hydrogen-bond acceptors (Lipinski definition) is 5. The van der Waals surface area contributed by atoms with E-state index < -0.39 is 15.9 Å². The van der Waals surface area contributed by atoms with Crippen molar-refractivity contribution in [1.82, 2.24) is 10.2 Å². The molecule has 3 aromatic rings. The van der Waals surface area contributed by atoms with Gasteiger partial charge in [-0.05, 0) is 49.4 Å². The molecule has 10 heteroatoms. The van der Waals surface area contributed by atoms with E-state index in [1.54, 1.807) is 48.5 Å². The van der Waals surface area contributed by atoms with Gasteiger partial charge < -0.3 is 10.1 Å². The zero-order valence-corrected chi connectivity index (χ0v) is 16.3. The Hall–Kier alpha value is -3.04. The van der Waals surface area contributed by atoms with E-state index >= 15 is 0 Å². The van der Waals surface area contributed by atoms with E-state index in [1.807, 2.05) is 6.92 Å². The molecule has 1 amide bonds. The SMILES string of the molecule is CCOc1ccc(NS(=O)(=O)c2cc(C(=O)Nc3cccc(Cl)c3)n[nH]2)cc1. The van der Waals surface area contributed by atoms with Gasteiger partial charge in [0.25, 0.3) is 15.9 Å². The van der Waals surface area contributed by atoms with Crippen molar-refractivity contribution in [3.05, 3.63) is 65.3 Å². The average molecular weight is 421 g/mol. The molecule has 0 aliphatic rings. The van der Waals surface area contributed by atoms with Gasteiger partial charge in [0.2, 0.25) is 0 Å². The maximum Gasteiger partial charge on any atom is 0.278 e. The predicted octanol–water partition coefficient (Wildman–Crippen LogP) is 3.51. The predicted molar refractivity (Wildman–Crippen MR) is 106 cm³/mol. The molecule has 0 unspecified atom stereocenters. The first-order valence-corrected chi connectivity index (χ1v) is 10.1. The second kappa shape index (κ2) is 8.32. The van der Waals surface area contributed by atoms with Crippen molar-refractivity contribution in [1.29, 1.82) is 0 Å². The molecule has 0 aliphatic heterocycles. The fraction of sp³-hybridized carbons (Fsp3) is 0.111. The number of amides is 1. The molecule has 2 aromatic carbocycles. The number of carbonyl (C=O) groups is 1. The van der Waals surface area contributed by atoms with Crippen molar-refractivity contribution in [2.75, 3.05) is 16.6 Å². The zero-order chi connectivity index (χ0) is 20.1. The van der Waals surface area contributed by atoms with Gasteiger partial charge in [-0.2, -0.15) is 13.5 Å². The largest absolute Gasteiger partial charge is 0.494 e. The molecule has 1 heterocycles. The normalized spacial score (nSPS) is 11.1. The van der Waals surface area contributed by atoms with Crippen LogP contribution < -0.4 is 14.8 Å². The van der Waals surface area contributed by atoms with Crippen molar-refractivity contribution in [3.8, 4) is 5.75 Å². The molecule has 1 aromatic heterocycles. The van der Waals surface area contributed by atoms with Crippen molar-refractivity contribution < 1.29 is 17.9 Å². The van der Waals surface area contributed by atoms with Crippen LogP contribution in [0.2, 0.25) is 5.02 Å². The Morgan fingerprint density at radius 3 is 2.57 bits per heavy atom. The van der Waals surface area contributed by atoms with Crippen molar-refractivity contribution >= 4 is 38.9 Å². The van der Waals surface area contributed by atoms with Crippen LogP contribution in [0.15, 0.2) is 59.6 Å². The van der Waals surface area contributed by atoms with Gasteiger partial charge in [-0.3, -0.25) is 14.6 Å². The van der Waals surface area contributed by atoms with Crippen LogP contribution in [0.25, 0.3) is 0 Å². The van der Waals surface area contributed by atoms with Gasteiger partial charge in [0.1, 0.15) is 5.75 Å². The smallest absolute Gasteiger partial charge is 0.278 e. The Kier molecular flexibility index (Phi) is 5.86. The van der Waals surface area contributed by atoms with Gasteiger partial charge >= 0.3 is 0 Å². The highest BCUT2D eigenvalue weighted by atomic mass is 35.5. The van der Waals surface area contributed by atoms with Crippen LogP contribution >= 0.6 is 11.6 Å². The zero-order valence-electron chi connectivity index (χ0n) is 14.8. The van der Waals surface area contributed by atoms with Crippen LogP contribution in [-0.4, -0.2) is 31.1 Å². The number of sulfonamides is 1. The third kappa shape index (κ3) is 4.81. The lowest BCUT2D eigenvalue weighted by Gasteiger charge is -2.07. The lowest BCUT2D eigenvalue weighted by atomic mass is 10.3. The highest BCUT2D eigenvalue weighted by Crippen LogP contribution is 2.20. The molecule has 0 atom stereocenters. The fourth-order valence-corrected chi connectivity index (χ4v) is 3.49. The monoisotopic (exact) mass is 420 g/mol. The van der Waals surface area contributed by atoms with Crippen LogP contribution in [0.1, 0.15) is 17.4 Å². The summed E-state index contributed by atoms with van der Waals surface area (Å²) in [5, 5.41) is 8.96. The van der Waals surface area contributed by atoms with Gasteiger partial charge in [-0.15, -0.1) is 0 Å². The number of nitrogens with one attached hydrogen (secondary N) is 3. The van der Waals surface area contributed by atoms with Gasteiger partial charge in [-0.1, -0.05) is 17.7 Å². The van der Waals surface area contributed by atoms with E-state index in [4.69, 9.17) is 16.3 Å². The Labute approximate surface area is 166 Å². The number of carbonyl (C=O) groups excluding carboxylic acids is 1. The molecule has 146 valence electrons. The van der Waals surface area contributed by atoms with Gasteiger partial charge in [0.05, 0.1) is 6.61 Å². The molecule has 0 spiro atoms. The van der Waals surface area contributed by atoms with E-state index in [9.17, 15) is 13.2 Å². The number of H-pyrrole nitrogens is 1. The molecule has 28 heavy (non-hydrogen) atoms. The van der Waals surface area contributed by atoms with Crippen LogP contribution in [0.3, 0.4) is 0 Å². The molecule has 0 fully saturated rings. The summed E-state index contributed by atoms with van der Waals surface area (Å²) in [6.07, 6.45) is 0. The molecule has 0 bridgehead atoms. The second-order valence-corrected chi connectivity index (χ2v) is 7.73. The second-order valence-electron chi connectivity index (χ2n) is 5.64. The van der Waals surface area contributed by atoms with E-state index in [2.05, 4.69) is 20.2 Å². The van der Waals surface area contributed by atoms with Crippen LogP contribution in [-0.2, 0) is 10.0 Å². The first-order valence-electron chi connectivity index (χ1n) is 8.25. The number of nitrogens with zero attached hydrogens (tertiary/aromatic N) is 1. The Balaban J connectivity index is 1.71. The molecule has 3 rings (SSSR count). The van der Waals surface area contributed by atoms with Gasteiger partial charge in [0, 0.05) is 22.5 Å². The standard InChI is InChI=1S/C18H17ClN4O4S/c1-2-27-15-8-6-13(7-9-15)23-28(25,26)17-11-16(21-22-17)18(24)20-14-5-3-4-12(19)10-14/h3-11,23H,2H2,1H3,(H,20,24)(H,21,22). The summed E-state index contributed by atoms with van der Waals surface area (Å²) >= 11 is 5.87. The molecule has 8 nitrogen and oxygen atoms in total. The van der Waals surface area contributed by atoms with Gasteiger partial charge in [0.15, 0.2) is 10.7 Å². The number of benzene rings is 2. The minimum absolute atomic E-state index is 0.0768. The van der Waals surface area contributed by atoms with E-state index in [0.29, 0.717) is 28.8 Å². The average Bonchev–Trinajstić information content (AvgIpc) is 3.15. The third-order valence-electron chi connectivity index (χ3n) is 3.58. The highest BCUT2D eigenvalue weighted by molar-refractivity contribution is 7.92. The Morgan fingerprint density at radius 2 is 1.89 bits per heavy atom. The van der Waals surface area contributed by atoms with Crippen LogP contribution in [0.4, 0.5) is 11.4 Å². The maximum atomic E-state index is 12.5.